The summed E-state index contributed by atoms with van der Waals surface area (Å²) < 4.78 is 15.8. The van der Waals surface area contributed by atoms with Gasteiger partial charge in [-0.3, -0.25) is 9.36 Å². The molecule has 0 spiro atoms. The number of carbonyl (C=O) groups excluding carboxylic acids is 1. The van der Waals surface area contributed by atoms with Gasteiger partial charge in [-0.15, -0.1) is 0 Å². The predicted octanol–water partition coefficient (Wildman–Crippen LogP) is 2.75. The van der Waals surface area contributed by atoms with Gasteiger partial charge in [-0.25, -0.2) is 19.3 Å². The van der Waals surface area contributed by atoms with Crippen molar-refractivity contribution in [2.45, 2.75) is 19.3 Å². The number of aromatic nitrogens is 4. The van der Waals surface area contributed by atoms with Crippen molar-refractivity contribution in [3.05, 3.63) is 60.7 Å². The van der Waals surface area contributed by atoms with Gasteiger partial charge in [-0.05, 0) is 31.4 Å². The number of amides is 1. The molecular weight excluding hydrogens is 409 g/mol. The molecule has 4 heterocycles. The molecule has 0 aliphatic carbocycles. The zero-order valence-electron chi connectivity index (χ0n) is 17.9. The maximum Gasteiger partial charge on any atom is 0.274 e. The Morgan fingerprint density at radius 1 is 0.844 bits per heavy atom. The summed E-state index contributed by atoms with van der Waals surface area (Å²) in [6, 6.07) is 8.68. The van der Waals surface area contributed by atoms with Crippen molar-refractivity contribution < 1.29 is 9.18 Å². The first-order chi connectivity index (χ1) is 15.7. The number of benzene rings is 1. The Hall–Kier alpha value is -3.49. The van der Waals surface area contributed by atoms with Crippen LogP contribution in [0.5, 0.6) is 0 Å². The first-order valence-electron chi connectivity index (χ1n) is 11.1. The quantitative estimate of drug-likeness (QED) is 0.628. The van der Waals surface area contributed by atoms with Crippen molar-refractivity contribution in [3.8, 4) is 5.82 Å². The van der Waals surface area contributed by atoms with Gasteiger partial charge in [0.15, 0.2) is 0 Å². The van der Waals surface area contributed by atoms with Crippen LogP contribution in [0, 0.1) is 5.82 Å². The molecule has 0 saturated carbocycles. The molecule has 9 heteroatoms. The lowest BCUT2D eigenvalue weighted by molar-refractivity contribution is 0.0741. The van der Waals surface area contributed by atoms with Gasteiger partial charge in [0, 0.05) is 51.5 Å². The Morgan fingerprint density at radius 2 is 1.59 bits per heavy atom. The monoisotopic (exact) mass is 435 g/mol. The van der Waals surface area contributed by atoms with Crippen LogP contribution in [0.2, 0.25) is 0 Å². The minimum absolute atomic E-state index is 0.123. The van der Waals surface area contributed by atoms with Gasteiger partial charge >= 0.3 is 0 Å². The molecule has 1 aromatic carbocycles. The van der Waals surface area contributed by atoms with Crippen molar-refractivity contribution >= 4 is 17.4 Å². The van der Waals surface area contributed by atoms with Gasteiger partial charge < -0.3 is 14.7 Å². The Balaban J connectivity index is 1.25. The van der Waals surface area contributed by atoms with E-state index in [0.29, 0.717) is 43.4 Å². The fourth-order valence-electron chi connectivity index (χ4n) is 4.35. The number of hydrogen-bond donors (Lipinski definition) is 0. The third kappa shape index (κ3) is 4.15. The molecule has 2 aliphatic rings. The molecule has 8 nitrogen and oxygen atoms in total. The lowest BCUT2D eigenvalue weighted by atomic mass is 10.1. The van der Waals surface area contributed by atoms with Gasteiger partial charge in [0.2, 0.25) is 0 Å². The fourth-order valence-corrected chi connectivity index (χ4v) is 4.35. The van der Waals surface area contributed by atoms with E-state index in [1.54, 1.807) is 40.5 Å². The smallest absolute Gasteiger partial charge is 0.274 e. The first-order valence-corrected chi connectivity index (χ1v) is 11.1. The van der Waals surface area contributed by atoms with Crippen LogP contribution < -0.4 is 9.80 Å². The number of halogens is 1. The lowest BCUT2D eigenvalue weighted by Gasteiger charge is -2.35. The molecule has 2 aliphatic heterocycles. The Bertz CT molecular complexity index is 1090. The molecule has 3 aromatic rings. The van der Waals surface area contributed by atoms with Gasteiger partial charge in [0.25, 0.3) is 5.91 Å². The SMILES string of the molecule is O=C(c1cn(-c2cc(N3CCCCC3)ncn2)cn1)N1CCN(c2ccccc2F)CC1. The molecule has 0 radical (unpaired) electrons. The third-order valence-corrected chi connectivity index (χ3v) is 6.14. The molecule has 32 heavy (non-hydrogen) atoms. The minimum atomic E-state index is -0.236. The molecule has 0 N–H and O–H groups in total. The summed E-state index contributed by atoms with van der Waals surface area (Å²) in [6.07, 6.45) is 8.50. The van der Waals surface area contributed by atoms with E-state index in [0.717, 1.165) is 18.9 Å². The van der Waals surface area contributed by atoms with Crippen LogP contribution in [-0.2, 0) is 0 Å². The highest BCUT2D eigenvalue weighted by Gasteiger charge is 2.25. The molecule has 2 saturated heterocycles. The number of hydrogen-bond acceptors (Lipinski definition) is 6. The van der Waals surface area contributed by atoms with E-state index in [9.17, 15) is 9.18 Å². The zero-order valence-corrected chi connectivity index (χ0v) is 17.9. The first kappa shape index (κ1) is 20.4. The van der Waals surface area contributed by atoms with E-state index < -0.39 is 0 Å². The van der Waals surface area contributed by atoms with Crippen LogP contribution in [-0.4, -0.2) is 69.6 Å². The van der Waals surface area contributed by atoms with Crippen LogP contribution in [0.15, 0.2) is 49.2 Å². The fraction of sp³-hybridized carbons (Fsp3) is 0.391. The minimum Gasteiger partial charge on any atom is -0.366 e. The number of piperidine rings is 1. The maximum atomic E-state index is 14.1. The van der Waals surface area contributed by atoms with E-state index >= 15 is 0 Å². The highest BCUT2D eigenvalue weighted by Crippen LogP contribution is 2.22. The molecule has 2 aromatic heterocycles. The summed E-state index contributed by atoms with van der Waals surface area (Å²) in [4.78, 5) is 32.1. The second kappa shape index (κ2) is 8.94. The van der Waals surface area contributed by atoms with Crippen molar-refractivity contribution in [2.24, 2.45) is 0 Å². The van der Waals surface area contributed by atoms with Gasteiger partial charge in [-0.2, -0.15) is 0 Å². The normalized spacial score (nSPS) is 17.0. The highest BCUT2D eigenvalue weighted by atomic mass is 19.1. The molecule has 1 amide bonds. The van der Waals surface area contributed by atoms with Crippen molar-refractivity contribution in [2.75, 3.05) is 49.1 Å². The Kier molecular flexibility index (Phi) is 5.70. The molecule has 0 bridgehead atoms. The standard InChI is InChI=1S/C23H26FN7O/c24-18-6-2-3-7-20(18)28-10-12-30(13-11-28)23(32)19-15-31(17-27-19)22-14-21(25-16-26-22)29-8-4-1-5-9-29/h2-3,6-7,14-17H,1,4-5,8-13H2. The summed E-state index contributed by atoms with van der Waals surface area (Å²) >= 11 is 0. The molecule has 0 unspecified atom stereocenters. The van der Waals surface area contributed by atoms with Crippen LogP contribution >= 0.6 is 0 Å². The van der Waals surface area contributed by atoms with E-state index in [-0.39, 0.29) is 11.7 Å². The van der Waals surface area contributed by atoms with Crippen LogP contribution in [0.25, 0.3) is 5.82 Å². The Labute approximate surface area is 186 Å². The van der Waals surface area contributed by atoms with Crippen LogP contribution in [0.1, 0.15) is 29.8 Å². The van der Waals surface area contributed by atoms with Crippen LogP contribution in [0.4, 0.5) is 15.9 Å². The molecule has 0 atom stereocenters. The van der Waals surface area contributed by atoms with Crippen molar-refractivity contribution in [1.29, 1.82) is 0 Å². The number of anilines is 2. The summed E-state index contributed by atoms with van der Waals surface area (Å²) in [5, 5.41) is 0. The second-order valence-corrected chi connectivity index (χ2v) is 8.18. The third-order valence-electron chi connectivity index (χ3n) is 6.14. The number of carbonyl (C=O) groups is 1. The predicted molar refractivity (Wildman–Crippen MR) is 120 cm³/mol. The number of nitrogens with zero attached hydrogens (tertiary/aromatic N) is 7. The van der Waals surface area contributed by atoms with E-state index in [1.165, 1.54) is 25.3 Å². The highest BCUT2D eigenvalue weighted by molar-refractivity contribution is 5.92. The number of imidazole rings is 1. The van der Waals surface area contributed by atoms with Gasteiger partial charge in [0.05, 0.1) is 5.69 Å². The molecule has 2 fully saturated rings. The summed E-state index contributed by atoms with van der Waals surface area (Å²) in [6.45, 7) is 4.21. The zero-order chi connectivity index (χ0) is 21.9. The van der Waals surface area contributed by atoms with Crippen molar-refractivity contribution in [3.63, 3.8) is 0 Å². The molecule has 5 rings (SSSR count). The molecule has 166 valence electrons. The van der Waals surface area contributed by atoms with E-state index in [1.807, 2.05) is 17.0 Å². The summed E-state index contributed by atoms with van der Waals surface area (Å²) in [7, 11) is 0. The topological polar surface area (TPSA) is 70.4 Å². The summed E-state index contributed by atoms with van der Waals surface area (Å²) in [5.74, 6) is 1.24. The average molecular weight is 436 g/mol. The maximum absolute atomic E-state index is 14.1. The second-order valence-electron chi connectivity index (χ2n) is 8.18. The van der Waals surface area contributed by atoms with E-state index in [4.69, 9.17) is 0 Å². The molecular formula is C23H26FN7O. The number of piperazine rings is 1. The van der Waals surface area contributed by atoms with Crippen molar-refractivity contribution in [1.82, 2.24) is 24.4 Å². The summed E-state index contributed by atoms with van der Waals surface area (Å²) in [5.41, 5.74) is 0.958. The van der Waals surface area contributed by atoms with Gasteiger partial charge in [0.1, 0.15) is 35.8 Å². The average Bonchev–Trinajstić information content (AvgIpc) is 3.35. The lowest BCUT2D eigenvalue weighted by Crippen LogP contribution is -2.49. The van der Waals surface area contributed by atoms with E-state index in [2.05, 4.69) is 19.9 Å². The number of rotatable bonds is 4. The number of para-hydroxylation sites is 1. The largest absolute Gasteiger partial charge is 0.366 e. The Morgan fingerprint density at radius 3 is 2.38 bits per heavy atom. The van der Waals surface area contributed by atoms with Gasteiger partial charge in [-0.1, -0.05) is 12.1 Å². The van der Waals surface area contributed by atoms with Crippen LogP contribution in [0.3, 0.4) is 0 Å².